The van der Waals surface area contributed by atoms with Gasteiger partial charge in [0, 0.05) is 35.2 Å². The van der Waals surface area contributed by atoms with Crippen LogP contribution < -0.4 is 20.1 Å². The molecule has 0 saturated carbocycles. The fourth-order valence-electron chi connectivity index (χ4n) is 3.45. The first-order valence-corrected chi connectivity index (χ1v) is 11.9. The third-order valence-corrected chi connectivity index (χ3v) is 5.88. The highest BCUT2D eigenvalue weighted by Crippen LogP contribution is 2.30. The molecule has 10 heteroatoms. The number of pyridine rings is 1. The van der Waals surface area contributed by atoms with Crippen LogP contribution in [-0.2, 0) is 6.61 Å². The lowest BCUT2D eigenvalue weighted by Gasteiger charge is -2.11. The van der Waals surface area contributed by atoms with E-state index in [0.29, 0.717) is 28.6 Å². The van der Waals surface area contributed by atoms with E-state index < -0.39 is 11.8 Å². The van der Waals surface area contributed by atoms with E-state index >= 15 is 0 Å². The van der Waals surface area contributed by atoms with Crippen LogP contribution in [0, 0.1) is 17.1 Å². The topological polar surface area (TPSA) is 109 Å². The maximum atomic E-state index is 14.6. The van der Waals surface area contributed by atoms with Crippen LogP contribution in [-0.4, -0.2) is 16.0 Å². The molecule has 8 nitrogen and oxygen atoms in total. The molecule has 0 atom stereocenters. The molecule has 0 radical (unpaired) electrons. The zero-order valence-electron chi connectivity index (χ0n) is 19.1. The number of benzene rings is 3. The minimum atomic E-state index is -0.678. The standard InChI is InChI=1S/C27H18FN5O3S/c28-21-13-20(7-8-22(21)32-26(34)33-27-30-10-11-37-27)36-25-9-6-18-12-19(15-29)24(14-23(18)31-25)35-16-17-4-2-1-3-5-17/h1-14H,16H2,(H2,30,32,33,34). The normalized spacial score (nSPS) is 10.5. The number of ether oxygens (including phenoxy) is 2. The number of thiazole rings is 1. The minimum Gasteiger partial charge on any atom is -0.487 e. The van der Waals surface area contributed by atoms with E-state index in [4.69, 9.17) is 9.47 Å². The predicted molar refractivity (Wildman–Crippen MR) is 138 cm³/mol. The van der Waals surface area contributed by atoms with Gasteiger partial charge in [-0.25, -0.2) is 19.2 Å². The van der Waals surface area contributed by atoms with Crippen molar-refractivity contribution in [2.75, 3.05) is 10.6 Å². The molecule has 0 fully saturated rings. The summed E-state index contributed by atoms with van der Waals surface area (Å²) in [7, 11) is 0. The quantitative estimate of drug-likeness (QED) is 0.251. The molecule has 5 rings (SSSR count). The molecule has 3 aromatic carbocycles. The van der Waals surface area contributed by atoms with Crippen molar-refractivity contribution in [1.29, 1.82) is 5.26 Å². The van der Waals surface area contributed by atoms with Gasteiger partial charge in [0.1, 0.15) is 30.0 Å². The molecular weight excluding hydrogens is 493 g/mol. The summed E-state index contributed by atoms with van der Waals surface area (Å²) in [4.78, 5) is 20.5. The molecule has 2 amide bonds. The van der Waals surface area contributed by atoms with Crippen molar-refractivity contribution in [1.82, 2.24) is 9.97 Å². The zero-order chi connectivity index (χ0) is 25.6. The van der Waals surface area contributed by atoms with Crippen LogP contribution in [0.1, 0.15) is 11.1 Å². The SMILES string of the molecule is N#Cc1cc2ccc(Oc3ccc(NC(=O)Nc4nccs4)c(F)c3)nc2cc1OCc1ccccc1. The molecule has 2 aromatic heterocycles. The van der Waals surface area contributed by atoms with E-state index in [1.54, 1.807) is 35.8 Å². The first-order valence-electron chi connectivity index (χ1n) is 11.0. The Morgan fingerprint density at radius 1 is 1.05 bits per heavy atom. The highest BCUT2D eigenvalue weighted by Gasteiger charge is 2.12. The zero-order valence-corrected chi connectivity index (χ0v) is 20.0. The summed E-state index contributed by atoms with van der Waals surface area (Å²) in [6.07, 6.45) is 1.55. The second-order valence-corrected chi connectivity index (χ2v) is 8.63. The van der Waals surface area contributed by atoms with Crippen LogP contribution in [0.2, 0.25) is 0 Å². The predicted octanol–water partition coefficient (Wildman–Crippen LogP) is 6.72. The van der Waals surface area contributed by atoms with Crippen molar-refractivity contribution in [2.24, 2.45) is 0 Å². The summed E-state index contributed by atoms with van der Waals surface area (Å²) in [5.74, 6) is 0.154. The Labute approximate surface area is 215 Å². The van der Waals surface area contributed by atoms with Gasteiger partial charge < -0.3 is 14.8 Å². The lowest BCUT2D eigenvalue weighted by Crippen LogP contribution is -2.19. The summed E-state index contributed by atoms with van der Waals surface area (Å²) in [6.45, 7) is 0.304. The Hall–Kier alpha value is -5.01. The van der Waals surface area contributed by atoms with Gasteiger partial charge in [0.25, 0.3) is 0 Å². The van der Waals surface area contributed by atoms with E-state index in [0.717, 1.165) is 17.0 Å². The van der Waals surface area contributed by atoms with Crippen LogP contribution in [0.4, 0.5) is 20.0 Å². The van der Waals surface area contributed by atoms with Crippen molar-refractivity contribution in [2.45, 2.75) is 6.61 Å². The van der Waals surface area contributed by atoms with Crippen molar-refractivity contribution >= 4 is 39.1 Å². The highest BCUT2D eigenvalue weighted by atomic mass is 32.1. The van der Waals surface area contributed by atoms with E-state index in [1.165, 1.54) is 23.5 Å². The molecule has 5 aromatic rings. The molecule has 0 saturated heterocycles. The van der Waals surface area contributed by atoms with Gasteiger partial charge in [-0.2, -0.15) is 5.26 Å². The van der Waals surface area contributed by atoms with Crippen molar-refractivity contribution in [3.05, 3.63) is 101 Å². The Balaban J connectivity index is 1.31. The first-order chi connectivity index (χ1) is 18.1. The lowest BCUT2D eigenvalue weighted by atomic mass is 10.1. The molecule has 0 aliphatic carbocycles. The molecule has 2 heterocycles. The molecule has 0 aliphatic heterocycles. The average molecular weight is 512 g/mol. The lowest BCUT2D eigenvalue weighted by molar-refractivity contribution is 0.262. The summed E-state index contributed by atoms with van der Waals surface area (Å²) in [5, 5.41) is 17.3. The van der Waals surface area contributed by atoms with Gasteiger partial charge in [0.15, 0.2) is 5.13 Å². The third kappa shape index (κ3) is 5.80. The van der Waals surface area contributed by atoms with Gasteiger partial charge in [0.2, 0.25) is 5.88 Å². The summed E-state index contributed by atoms with van der Waals surface area (Å²) in [5.41, 5.74) is 1.90. The number of amides is 2. The highest BCUT2D eigenvalue weighted by molar-refractivity contribution is 7.13. The second-order valence-electron chi connectivity index (χ2n) is 7.74. The molecular formula is C27H18FN5O3S. The van der Waals surface area contributed by atoms with Gasteiger partial charge in [0.05, 0.1) is 16.8 Å². The number of fused-ring (bicyclic) bond motifs is 1. The summed E-state index contributed by atoms with van der Waals surface area (Å²) >= 11 is 1.25. The molecule has 0 unspecified atom stereocenters. The number of anilines is 2. The van der Waals surface area contributed by atoms with Gasteiger partial charge >= 0.3 is 6.03 Å². The van der Waals surface area contributed by atoms with Crippen LogP contribution in [0.5, 0.6) is 17.4 Å². The number of halogens is 1. The first kappa shape index (κ1) is 23.7. The summed E-state index contributed by atoms with van der Waals surface area (Å²) < 4.78 is 26.2. The van der Waals surface area contributed by atoms with Gasteiger partial charge in [-0.3, -0.25) is 5.32 Å². The smallest absolute Gasteiger partial charge is 0.325 e. The van der Waals surface area contributed by atoms with E-state index in [2.05, 4.69) is 26.7 Å². The number of carbonyl (C=O) groups is 1. The number of urea groups is 1. The molecule has 0 bridgehead atoms. The van der Waals surface area contributed by atoms with E-state index in [9.17, 15) is 14.4 Å². The van der Waals surface area contributed by atoms with Crippen molar-refractivity contribution in [3.63, 3.8) is 0 Å². The number of nitriles is 1. The Kier molecular flexibility index (Phi) is 6.87. The van der Waals surface area contributed by atoms with Crippen LogP contribution in [0.3, 0.4) is 0 Å². The number of aromatic nitrogens is 2. The number of rotatable bonds is 7. The van der Waals surface area contributed by atoms with Gasteiger partial charge in [-0.1, -0.05) is 30.3 Å². The number of hydrogen-bond donors (Lipinski definition) is 2. The monoisotopic (exact) mass is 511 g/mol. The molecule has 182 valence electrons. The molecule has 0 aliphatic rings. The Bertz CT molecular complexity index is 1600. The number of nitrogens with one attached hydrogen (secondary N) is 2. The van der Waals surface area contributed by atoms with Crippen LogP contribution >= 0.6 is 11.3 Å². The molecule has 2 N–H and O–H groups in total. The molecule has 37 heavy (non-hydrogen) atoms. The van der Waals surface area contributed by atoms with Gasteiger partial charge in [-0.05, 0) is 29.8 Å². The summed E-state index contributed by atoms with van der Waals surface area (Å²) in [6, 6.07) is 22.0. The van der Waals surface area contributed by atoms with Gasteiger partial charge in [-0.15, -0.1) is 11.3 Å². The van der Waals surface area contributed by atoms with E-state index in [1.807, 2.05) is 30.3 Å². The average Bonchev–Trinajstić information content (AvgIpc) is 3.42. The Morgan fingerprint density at radius 2 is 1.92 bits per heavy atom. The van der Waals surface area contributed by atoms with Crippen LogP contribution in [0.25, 0.3) is 10.9 Å². The Morgan fingerprint density at radius 3 is 2.68 bits per heavy atom. The molecule has 0 spiro atoms. The van der Waals surface area contributed by atoms with Crippen LogP contribution in [0.15, 0.2) is 84.4 Å². The fourth-order valence-corrected chi connectivity index (χ4v) is 3.97. The maximum Gasteiger partial charge on any atom is 0.325 e. The number of hydrogen-bond acceptors (Lipinski definition) is 7. The number of nitrogens with zero attached hydrogens (tertiary/aromatic N) is 3. The van der Waals surface area contributed by atoms with E-state index in [-0.39, 0.29) is 17.3 Å². The van der Waals surface area contributed by atoms with Crippen molar-refractivity contribution < 1.29 is 18.7 Å². The van der Waals surface area contributed by atoms with Crippen molar-refractivity contribution in [3.8, 4) is 23.4 Å². The largest absolute Gasteiger partial charge is 0.487 e. The second kappa shape index (κ2) is 10.7. The maximum absolute atomic E-state index is 14.6. The minimum absolute atomic E-state index is 0.0166. The third-order valence-electron chi connectivity index (χ3n) is 5.19. The fraction of sp³-hybridized carbons (Fsp3) is 0.0370. The number of carbonyl (C=O) groups excluding carboxylic acids is 1.